The standard InChI is InChI=1S/C18H19NO3/c1-13(14-6-4-3-5-7-14)19(2)18(20)15-8-9-16-17(12-15)22-11-10-21-16/h3-9,12-13H,10-11H2,1-2H3. The zero-order valence-corrected chi connectivity index (χ0v) is 12.8. The summed E-state index contributed by atoms with van der Waals surface area (Å²) >= 11 is 0. The van der Waals surface area contributed by atoms with Crippen LogP contribution >= 0.6 is 0 Å². The molecular weight excluding hydrogens is 278 g/mol. The molecule has 2 aromatic rings. The first kappa shape index (κ1) is 14.4. The van der Waals surface area contributed by atoms with Crippen LogP contribution in [0.1, 0.15) is 28.9 Å². The van der Waals surface area contributed by atoms with Gasteiger partial charge in [-0.3, -0.25) is 4.79 Å². The summed E-state index contributed by atoms with van der Waals surface area (Å²) in [4.78, 5) is 14.4. The Kier molecular flexibility index (Phi) is 4.00. The molecule has 0 spiro atoms. The molecule has 0 aliphatic carbocycles. The van der Waals surface area contributed by atoms with Crippen LogP contribution in [0.2, 0.25) is 0 Å². The molecular formula is C18H19NO3. The molecule has 1 unspecified atom stereocenters. The number of rotatable bonds is 3. The normalized spacial score (nSPS) is 14.3. The third kappa shape index (κ3) is 2.77. The molecule has 0 fully saturated rings. The van der Waals surface area contributed by atoms with E-state index in [-0.39, 0.29) is 11.9 Å². The number of benzene rings is 2. The maximum Gasteiger partial charge on any atom is 0.254 e. The number of carbonyl (C=O) groups excluding carboxylic acids is 1. The molecule has 1 atom stereocenters. The van der Waals surface area contributed by atoms with Crippen LogP contribution < -0.4 is 9.47 Å². The van der Waals surface area contributed by atoms with Crippen molar-refractivity contribution in [2.45, 2.75) is 13.0 Å². The quantitative estimate of drug-likeness (QED) is 0.872. The van der Waals surface area contributed by atoms with E-state index in [9.17, 15) is 4.79 Å². The van der Waals surface area contributed by atoms with E-state index in [0.29, 0.717) is 30.3 Å². The highest BCUT2D eigenvalue weighted by Gasteiger charge is 2.21. The molecule has 1 aliphatic rings. The molecule has 0 saturated heterocycles. The highest BCUT2D eigenvalue weighted by Crippen LogP contribution is 2.31. The van der Waals surface area contributed by atoms with Gasteiger partial charge in [0.15, 0.2) is 11.5 Å². The number of hydrogen-bond acceptors (Lipinski definition) is 3. The van der Waals surface area contributed by atoms with Crippen molar-refractivity contribution in [1.82, 2.24) is 4.90 Å². The molecule has 3 rings (SSSR count). The predicted molar refractivity (Wildman–Crippen MR) is 84.4 cm³/mol. The van der Waals surface area contributed by atoms with Crippen LogP contribution in [0, 0.1) is 0 Å². The summed E-state index contributed by atoms with van der Waals surface area (Å²) in [6.45, 7) is 3.08. The minimum atomic E-state index is -0.0340. The molecule has 4 heteroatoms. The number of hydrogen-bond donors (Lipinski definition) is 0. The summed E-state index contributed by atoms with van der Waals surface area (Å²) in [5.41, 5.74) is 1.71. The van der Waals surface area contributed by atoms with Gasteiger partial charge in [0.2, 0.25) is 0 Å². The summed E-state index contributed by atoms with van der Waals surface area (Å²) in [5.74, 6) is 1.30. The molecule has 114 valence electrons. The van der Waals surface area contributed by atoms with Crippen LogP contribution in [0.25, 0.3) is 0 Å². The van der Waals surface area contributed by atoms with Crippen molar-refractivity contribution in [1.29, 1.82) is 0 Å². The predicted octanol–water partition coefficient (Wildman–Crippen LogP) is 3.29. The molecule has 0 N–H and O–H groups in total. The van der Waals surface area contributed by atoms with Gasteiger partial charge in [-0.1, -0.05) is 30.3 Å². The first-order chi connectivity index (χ1) is 10.7. The smallest absolute Gasteiger partial charge is 0.254 e. The fourth-order valence-electron chi connectivity index (χ4n) is 2.51. The summed E-state index contributed by atoms with van der Waals surface area (Å²) in [6.07, 6.45) is 0. The SMILES string of the molecule is CC(c1ccccc1)N(C)C(=O)c1ccc2c(c1)OCCO2. The fourth-order valence-corrected chi connectivity index (χ4v) is 2.51. The van der Waals surface area contributed by atoms with E-state index in [0.717, 1.165) is 5.56 Å². The van der Waals surface area contributed by atoms with Crippen LogP contribution in [-0.2, 0) is 0 Å². The van der Waals surface area contributed by atoms with Crippen LogP contribution in [-0.4, -0.2) is 31.1 Å². The lowest BCUT2D eigenvalue weighted by atomic mass is 10.1. The lowest BCUT2D eigenvalue weighted by Gasteiger charge is -2.26. The first-order valence-electron chi connectivity index (χ1n) is 7.38. The van der Waals surface area contributed by atoms with Gasteiger partial charge in [-0.2, -0.15) is 0 Å². The van der Waals surface area contributed by atoms with Gasteiger partial charge in [0.05, 0.1) is 6.04 Å². The highest BCUT2D eigenvalue weighted by atomic mass is 16.6. The van der Waals surface area contributed by atoms with E-state index in [1.807, 2.05) is 44.3 Å². The van der Waals surface area contributed by atoms with E-state index in [2.05, 4.69) is 0 Å². The Labute approximate surface area is 130 Å². The van der Waals surface area contributed by atoms with E-state index in [1.165, 1.54) is 0 Å². The molecule has 22 heavy (non-hydrogen) atoms. The van der Waals surface area contributed by atoms with Gasteiger partial charge >= 0.3 is 0 Å². The van der Waals surface area contributed by atoms with Crippen molar-refractivity contribution in [3.8, 4) is 11.5 Å². The molecule has 0 radical (unpaired) electrons. The molecule has 1 aliphatic heterocycles. The number of nitrogens with zero attached hydrogens (tertiary/aromatic N) is 1. The molecule has 0 aromatic heterocycles. The number of fused-ring (bicyclic) bond motifs is 1. The molecule has 1 amide bonds. The van der Waals surface area contributed by atoms with Gasteiger partial charge < -0.3 is 14.4 Å². The number of amides is 1. The van der Waals surface area contributed by atoms with Gasteiger partial charge in [-0.15, -0.1) is 0 Å². The fraction of sp³-hybridized carbons (Fsp3) is 0.278. The number of carbonyl (C=O) groups is 1. The van der Waals surface area contributed by atoms with Crippen LogP contribution in [0.4, 0.5) is 0 Å². The summed E-state index contributed by atoms with van der Waals surface area (Å²) in [6, 6.07) is 15.3. The van der Waals surface area contributed by atoms with Crippen molar-refractivity contribution in [2.75, 3.05) is 20.3 Å². The van der Waals surface area contributed by atoms with Gasteiger partial charge in [-0.05, 0) is 30.7 Å². The third-order valence-corrected chi connectivity index (χ3v) is 3.97. The zero-order valence-electron chi connectivity index (χ0n) is 12.8. The maximum absolute atomic E-state index is 12.7. The Morgan fingerprint density at radius 3 is 2.45 bits per heavy atom. The van der Waals surface area contributed by atoms with Crippen molar-refractivity contribution < 1.29 is 14.3 Å². The third-order valence-electron chi connectivity index (χ3n) is 3.97. The van der Waals surface area contributed by atoms with E-state index >= 15 is 0 Å². The van der Waals surface area contributed by atoms with Gasteiger partial charge in [-0.25, -0.2) is 0 Å². The number of ether oxygens (including phenoxy) is 2. The average Bonchev–Trinajstić information content (AvgIpc) is 2.60. The Morgan fingerprint density at radius 2 is 1.73 bits per heavy atom. The Hall–Kier alpha value is -2.49. The Balaban J connectivity index is 1.81. The zero-order chi connectivity index (χ0) is 15.5. The van der Waals surface area contributed by atoms with E-state index in [1.54, 1.807) is 23.1 Å². The van der Waals surface area contributed by atoms with Gasteiger partial charge in [0, 0.05) is 12.6 Å². The summed E-state index contributed by atoms with van der Waals surface area (Å²) in [5, 5.41) is 0. The molecule has 0 bridgehead atoms. The van der Waals surface area contributed by atoms with E-state index < -0.39 is 0 Å². The summed E-state index contributed by atoms with van der Waals surface area (Å²) < 4.78 is 11.0. The van der Waals surface area contributed by atoms with Crippen molar-refractivity contribution >= 4 is 5.91 Å². The van der Waals surface area contributed by atoms with E-state index in [4.69, 9.17) is 9.47 Å². The van der Waals surface area contributed by atoms with Crippen LogP contribution in [0.15, 0.2) is 48.5 Å². The van der Waals surface area contributed by atoms with Crippen molar-refractivity contribution in [2.24, 2.45) is 0 Å². The van der Waals surface area contributed by atoms with Gasteiger partial charge in [0.25, 0.3) is 5.91 Å². The second kappa shape index (κ2) is 6.10. The maximum atomic E-state index is 12.7. The summed E-state index contributed by atoms with van der Waals surface area (Å²) in [7, 11) is 1.82. The average molecular weight is 297 g/mol. The first-order valence-corrected chi connectivity index (χ1v) is 7.38. The molecule has 2 aromatic carbocycles. The van der Waals surface area contributed by atoms with Crippen LogP contribution in [0.3, 0.4) is 0 Å². The lowest BCUT2D eigenvalue weighted by molar-refractivity contribution is 0.0741. The molecule has 4 nitrogen and oxygen atoms in total. The second-order valence-corrected chi connectivity index (χ2v) is 5.36. The molecule has 0 saturated carbocycles. The second-order valence-electron chi connectivity index (χ2n) is 5.36. The largest absolute Gasteiger partial charge is 0.486 e. The minimum Gasteiger partial charge on any atom is -0.486 e. The Bertz CT molecular complexity index is 669. The monoisotopic (exact) mass is 297 g/mol. The minimum absolute atomic E-state index is 0.00176. The lowest BCUT2D eigenvalue weighted by Crippen LogP contribution is -2.29. The van der Waals surface area contributed by atoms with Crippen LogP contribution in [0.5, 0.6) is 11.5 Å². The highest BCUT2D eigenvalue weighted by molar-refractivity contribution is 5.95. The van der Waals surface area contributed by atoms with Crippen molar-refractivity contribution in [3.05, 3.63) is 59.7 Å². The molecule has 1 heterocycles. The van der Waals surface area contributed by atoms with Gasteiger partial charge in [0.1, 0.15) is 13.2 Å². The Morgan fingerprint density at radius 1 is 1.05 bits per heavy atom. The van der Waals surface area contributed by atoms with Crippen molar-refractivity contribution in [3.63, 3.8) is 0 Å². The topological polar surface area (TPSA) is 38.8 Å².